The van der Waals surface area contributed by atoms with Gasteiger partial charge in [-0.3, -0.25) is 0 Å². The molecule has 0 radical (unpaired) electrons. The zero-order valence-electron chi connectivity index (χ0n) is 12.1. The zero-order chi connectivity index (χ0) is 13.9. The molecule has 1 aromatic carbocycles. The lowest BCUT2D eigenvalue weighted by molar-refractivity contribution is 0.362. The van der Waals surface area contributed by atoms with Crippen LogP contribution in [-0.2, 0) is 0 Å². The van der Waals surface area contributed by atoms with E-state index >= 15 is 0 Å². The molecule has 0 aliphatic heterocycles. The molecule has 2 heteroatoms. The van der Waals surface area contributed by atoms with Gasteiger partial charge in [-0.15, -0.1) is 0 Å². The molecule has 2 nitrogen and oxygen atoms in total. The van der Waals surface area contributed by atoms with E-state index in [1.165, 1.54) is 5.57 Å². The highest BCUT2D eigenvalue weighted by Crippen LogP contribution is 2.21. The summed E-state index contributed by atoms with van der Waals surface area (Å²) < 4.78 is 5.67. The third kappa shape index (κ3) is 5.75. The lowest BCUT2D eigenvalue weighted by Gasteiger charge is -2.10. The lowest BCUT2D eigenvalue weighted by Crippen LogP contribution is -2.17. The van der Waals surface area contributed by atoms with Crippen molar-refractivity contribution in [3.05, 3.63) is 48.1 Å². The van der Waals surface area contributed by atoms with Gasteiger partial charge >= 0.3 is 0 Å². The number of nitrogens with one attached hydrogen (secondary N) is 1. The first-order chi connectivity index (χ1) is 9.31. The number of hydrogen-bond donors (Lipinski definition) is 1. The van der Waals surface area contributed by atoms with Crippen molar-refractivity contribution in [2.75, 3.05) is 19.7 Å². The minimum Gasteiger partial charge on any atom is -0.489 e. The van der Waals surface area contributed by atoms with E-state index in [-0.39, 0.29) is 0 Å². The maximum atomic E-state index is 5.67. The fourth-order valence-corrected chi connectivity index (χ4v) is 1.80. The Labute approximate surface area is 117 Å². The van der Waals surface area contributed by atoms with Crippen LogP contribution in [-0.4, -0.2) is 19.7 Å². The Balaban J connectivity index is 2.78. The van der Waals surface area contributed by atoms with Crippen LogP contribution in [0.15, 0.2) is 42.5 Å². The molecular weight excluding hydrogens is 234 g/mol. The summed E-state index contributed by atoms with van der Waals surface area (Å²) in [4.78, 5) is 0. The van der Waals surface area contributed by atoms with Crippen LogP contribution in [0, 0.1) is 0 Å². The monoisotopic (exact) mass is 259 g/mol. The fourth-order valence-electron chi connectivity index (χ4n) is 1.80. The molecule has 0 fully saturated rings. The van der Waals surface area contributed by atoms with Crippen molar-refractivity contribution in [3.63, 3.8) is 0 Å². The highest BCUT2D eigenvalue weighted by molar-refractivity contribution is 5.60. The van der Waals surface area contributed by atoms with E-state index in [0.29, 0.717) is 6.61 Å². The first-order valence-corrected chi connectivity index (χ1v) is 7.04. The molecule has 0 aromatic heterocycles. The number of ether oxygens (including phenoxy) is 1. The van der Waals surface area contributed by atoms with Gasteiger partial charge in [-0.1, -0.05) is 56.4 Å². The van der Waals surface area contributed by atoms with Crippen molar-refractivity contribution in [1.29, 1.82) is 0 Å². The van der Waals surface area contributed by atoms with Gasteiger partial charge in [-0.05, 0) is 25.5 Å². The number of rotatable bonds is 9. The summed E-state index contributed by atoms with van der Waals surface area (Å²) in [6, 6.07) is 8.13. The summed E-state index contributed by atoms with van der Waals surface area (Å²) in [6.45, 7) is 10.6. The molecule has 0 unspecified atom stereocenters. The minimum atomic E-state index is 0.542. The van der Waals surface area contributed by atoms with E-state index in [1.807, 2.05) is 18.2 Å². The van der Waals surface area contributed by atoms with Gasteiger partial charge in [-0.25, -0.2) is 0 Å². The van der Waals surface area contributed by atoms with Gasteiger partial charge in [0.25, 0.3) is 0 Å². The maximum Gasteiger partial charge on any atom is 0.126 e. The molecule has 0 bridgehead atoms. The minimum absolute atomic E-state index is 0.542. The summed E-state index contributed by atoms with van der Waals surface area (Å²) in [5, 5.41) is 3.44. The number of hydrogen-bond acceptors (Lipinski definition) is 2. The third-order valence-corrected chi connectivity index (χ3v) is 2.87. The van der Waals surface area contributed by atoms with E-state index < -0.39 is 0 Å². The molecule has 1 rings (SSSR count). The smallest absolute Gasteiger partial charge is 0.126 e. The second kappa shape index (κ2) is 9.40. The van der Waals surface area contributed by atoms with E-state index in [4.69, 9.17) is 4.74 Å². The Morgan fingerprint density at radius 2 is 2.11 bits per heavy atom. The molecule has 0 heterocycles. The normalized spacial score (nSPS) is 11.4. The molecule has 0 amide bonds. The van der Waals surface area contributed by atoms with Crippen molar-refractivity contribution >= 4 is 6.08 Å². The maximum absolute atomic E-state index is 5.67. The van der Waals surface area contributed by atoms with E-state index in [9.17, 15) is 0 Å². The molecule has 104 valence electrons. The van der Waals surface area contributed by atoms with Crippen LogP contribution in [0.4, 0.5) is 0 Å². The molecule has 0 aliphatic carbocycles. The van der Waals surface area contributed by atoms with Crippen LogP contribution in [0.5, 0.6) is 5.75 Å². The second-order valence-electron chi connectivity index (χ2n) is 4.47. The standard InChI is InChI=1S/C17H25NO/c1-4-11-18-14-15(6-3)13-16-9-7-8-10-17(16)19-12-5-2/h5,7-10,13,18H,2,4,6,11-12,14H2,1,3H3. The Kier molecular flexibility index (Phi) is 7.68. The number of benzene rings is 1. The Morgan fingerprint density at radius 1 is 1.32 bits per heavy atom. The average molecular weight is 259 g/mol. The van der Waals surface area contributed by atoms with Gasteiger partial charge in [-0.2, -0.15) is 0 Å². The lowest BCUT2D eigenvalue weighted by atomic mass is 10.1. The SMILES string of the molecule is C=CCOc1ccccc1C=C(CC)CNCCC. The van der Waals surface area contributed by atoms with Crippen LogP contribution in [0.2, 0.25) is 0 Å². The number of para-hydroxylation sites is 1. The average Bonchev–Trinajstić information content (AvgIpc) is 2.45. The third-order valence-electron chi connectivity index (χ3n) is 2.87. The predicted octanol–water partition coefficient (Wildman–Crippen LogP) is 4.04. The highest BCUT2D eigenvalue weighted by atomic mass is 16.5. The van der Waals surface area contributed by atoms with Crippen LogP contribution < -0.4 is 10.1 Å². The van der Waals surface area contributed by atoms with Crippen LogP contribution >= 0.6 is 0 Å². The van der Waals surface area contributed by atoms with Crippen molar-refractivity contribution in [2.24, 2.45) is 0 Å². The van der Waals surface area contributed by atoms with Gasteiger partial charge in [0.2, 0.25) is 0 Å². The van der Waals surface area contributed by atoms with Crippen molar-refractivity contribution in [2.45, 2.75) is 26.7 Å². The fraction of sp³-hybridized carbons (Fsp3) is 0.412. The summed E-state index contributed by atoms with van der Waals surface area (Å²) in [5.41, 5.74) is 2.53. The zero-order valence-corrected chi connectivity index (χ0v) is 12.1. The molecule has 1 aromatic rings. The molecule has 0 spiro atoms. The Morgan fingerprint density at radius 3 is 2.79 bits per heavy atom. The first kappa shape index (κ1) is 15.5. The van der Waals surface area contributed by atoms with Crippen molar-refractivity contribution in [1.82, 2.24) is 5.32 Å². The summed E-state index contributed by atoms with van der Waals surface area (Å²) in [6.07, 6.45) is 6.20. The largest absolute Gasteiger partial charge is 0.489 e. The molecule has 0 aliphatic rings. The Bertz CT molecular complexity index is 409. The summed E-state index contributed by atoms with van der Waals surface area (Å²) >= 11 is 0. The van der Waals surface area contributed by atoms with Gasteiger partial charge in [0.15, 0.2) is 0 Å². The molecule has 0 atom stereocenters. The van der Waals surface area contributed by atoms with E-state index in [0.717, 1.165) is 37.2 Å². The predicted molar refractivity (Wildman–Crippen MR) is 83.6 cm³/mol. The topological polar surface area (TPSA) is 21.3 Å². The molecule has 0 saturated heterocycles. The Hall–Kier alpha value is -1.54. The van der Waals surface area contributed by atoms with Gasteiger partial charge in [0.1, 0.15) is 12.4 Å². The van der Waals surface area contributed by atoms with Crippen LogP contribution in [0.1, 0.15) is 32.3 Å². The second-order valence-corrected chi connectivity index (χ2v) is 4.47. The molecule has 1 N–H and O–H groups in total. The van der Waals surface area contributed by atoms with Gasteiger partial charge in [0.05, 0.1) is 0 Å². The molecular formula is C17H25NO. The van der Waals surface area contributed by atoms with Crippen molar-refractivity contribution < 1.29 is 4.74 Å². The van der Waals surface area contributed by atoms with Gasteiger partial charge in [0, 0.05) is 12.1 Å². The van der Waals surface area contributed by atoms with Crippen LogP contribution in [0.25, 0.3) is 6.08 Å². The van der Waals surface area contributed by atoms with Crippen LogP contribution in [0.3, 0.4) is 0 Å². The molecule has 19 heavy (non-hydrogen) atoms. The highest BCUT2D eigenvalue weighted by Gasteiger charge is 2.01. The quantitative estimate of drug-likeness (QED) is 0.534. The molecule has 0 saturated carbocycles. The van der Waals surface area contributed by atoms with E-state index in [2.05, 4.69) is 37.9 Å². The first-order valence-electron chi connectivity index (χ1n) is 7.04. The van der Waals surface area contributed by atoms with E-state index in [1.54, 1.807) is 6.08 Å². The summed E-state index contributed by atoms with van der Waals surface area (Å²) in [5.74, 6) is 0.920. The van der Waals surface area contributed by atoms with Gasteiger partial charge < -0.3 is 10.1 Å². The summed E-state index contributed by atoms with van der Waals surface area (Å²) in [7, 11) is 0. The van der Waals surface area contributed by atoms with Crippen molar-refractivity contribution in [3.8, 4) is 5.75 Å².